The lowest BCUT2D eigenvalue weighted by molar-refractivity contribution is -0.249. The van der Waals surface area contributed by atoms with Gasteiger partial charge in [-0.05, 0) is 28.9 Å². The van der Waals surface area contributed by atoms with Gasteiger partial charge in [-0.15, -0.1) is 0 Å². The van der Waals surface area contributed by atoms with E-state index < -0.39 is 17.4 Å². The van der Waals surface area contributed by atoms with Crippen molar-refractivity contribution in [1.29, 1.82) is 0 Å². The molecule has 3 rings (SSSR count). The first kappa shape index (κ1) is 19.0. The summed E-state index contributed by atoms with van der Waals surface area (Å²) < 4.78 is 17.3. The monoisotopic (exact) mass is 362 g/mol. The molecule has 0 amide bonds. The number of fused-ring (bicyclic) bond motifs is 2. The van der Waals surface area contributed by atoms with Gasteiger partial charge in [0.2, 0.25) is 0 Å². The SMILES string of the molecule is COC(=O)[C@@]12CCC[C@]1(O)Oc1c(cc(C(C)(C)C)cc1C(C)(C)C)O2. The van der Waals surface area contributed by atoms with Crippen LogP contribution in [0, 0.1) is 0 Å². The highest BCUT2D eigenvalue weighted by Gasteiger charge is 2.67. The van der Waals surface area contributed by atoms with Crippen molar-refractivity contribution in [2.45, 2.75) is 83.0 Å². The largest absolute Gasteiger partial charge is 0.466 e. The predicted octanol–water partition coefficient (Wildman–Crippen LogP) is 3.84. The van der Waals surface area contributed by atoms with Crippen LogP contribution in [0.1, 0.15) is 71.9 Å². The van der Waals surface area contributed by atoms with E-state index in [1.54, 1.807) is 0 Å². The summed E-state index contributed by atoms with van der Waals surface area (Å²) in [6, 6.07) is 4.04. The van der Waals surface area contributed by atoms with Crippen molar-refractivity contribution in [3.8, 4) is 11.5 Å². The van der Waals surface area contributed by atoms with E-state index in [1.165, 1.54) is 7.11 Å². The van der Waals surface area contributed by atoms with Gasteiger partial charge in [0.1, 0.15) is 0 Å². The molecule has 1 aliphatic heterocycles. The molecule has 26 heavy (non-hydrogen) atoms. The normalized spacial score (nSPS) is 27.8. The first-order valence-corrected chi connectivity index (χ1v) is 9.22. The first-order chi connectivity index (χ1) is 11.8. The van der Waals surface area contributed by atoms with Crippen LogP contribution in [-0.4, -0.2) is 29.6 Å². The van der Waals surface area contributed by atoms with Gasteiger partial charge in [-0.3, -0.25) is 0 Å². The third-order valence-electron chi connectivity index (χ3n) is 5.47. The van der Waals surface area contributed by atoms with Gasteiger partial charge < -0.3 is 19.3 Å². The summed E-state index contributed by atoms with van der Waals surface area (Å²) in [4.78, 5) is 12.6. The zero-order valence-corrected chi connectivity index (χ0v) is 16.9. The summed E-state index contributed by atoms with van der Waals surface area (Å²) in [5.74, 6) is -1.29. The summed E-state index contributed by atoms with van der Waals surface area (Å²) in [5, 5.41) is 11.2. The van der Waals surface area contributed by atoms with Crippen molar-refractivity contribution in [2.24, 2.45) is 0 Å². The van der Waals surface area contributed by atoms with E-state index in [2.05, 4.69) is 47.6 Å². The molecule has 5 heteroatoms. The molecule has 1 aliphatic carbocycles. The number of hydrogen-bond donors (Lipinski definition) is 1. The lowest BCUT2D eigenvalue weighted by atomic mass is 9.79. The Morgan fingerprint density at radius 3 is 2.27 bits per heavy atom. The van der Waals surface area contributed by atoms with Gasteiger partial charge in [-0.2, -0.15) is 0 Å². The minimum absolute atomic E-state index is 0.0970. The topological polar surface area (TPSA) is 65.0 Å². The summed E-state index contributed by atoms with van der Waals surface area (Å²) in [6.45, 7) is 12.7. The van der Waals surface area contributed by atoms with Gasteiger partial charge in [0.05, 0.1) is 7.11 Å². The molecule has 2 aliphatic rings. The average Bonchev–Trinajstić information content (AvgIpc) is 2.85. The Bertz CT molecular complexity index is 740. The van der Waals surface area contributed by atoms with E-state index in [9.17, 15) is 9.90 Å². The predicted molar refractivity (Wildman–Crippen MR) is 98.6 cm³/mol. The molecule has 1 N–H and O–H groups in total. The summed E-state index contributed by atoms with van der Waals surface area (Å²) in [5.41, 5.74) is 0.224. The van der Waals surface area contributed by atoms with E-state index in [-0.39, 0.29) is 10.8 Å². The maximum absolute atomic E-state index is 12.6. The van der Waals surface area contributed by atoms with Crippen LogP contribution in [0.15, 0.2) is 12.1 Å². The second-order valence-corrected chi connectivity index (χ2v) is 9.51. The molecule has 5 nitrogen and oxygen atoms in total. The molecule has 0 spiro atoms. The van der Waals surface area contributed by atoms with Crippen LogP contribution < -0.4 is 9.47 Å². The van der Waals surface area contributed by atoms with Crippen molar-refractivity contribution in [2.75, 3.05) is 7.11 Å². The second-order valence-electron chi connectivity index (χ2n) is 9.51. The van der Waals surface area contributed by atoms with Gasteiger partial charge in [0.15, 0.2) is 11.5 Å². The zero-order valence-electron chi connectivity index (χ0n) is 16.9. The summed E-state index contributed by atoms with van der Waals surface area (Å²) >= 11 is 0. The number of ether oxygens (including phenoxy) is 3. The van der Waals surface area contributed by atoms with E-state index in [1.807, 2.05) is 6.07 Å². The number of esters is 1. The highest BCUT2D eigenvalue weighted by molar-refractivity contribution is 5.83. The maximum Gasteiger partial charge on any atom is 0.357 e. The van der Waals surface area contributed by atoms with E-state index in [4.69, 9.17) is 14.2 Å². The number of carbonyl (C=O) groups is 1. The molecule has 0 radical (unpaired) electrons. The van der Waals surface area contributed by atoms with Crippen LogP contribution in [0.4, 0.5) is 0 Å². The lowest BCUT2D eigenvalue weighted by Gasteiger charge is -2.45. The highest BCUT2D eigenvalue weighted by Crippen LogP contribution is 2.54. The molecular weight excluding hydrogens is 332 g/mol. The lowest BCUT2D eigenvalue weighted by Crippen LogP contribution is -2.65. The minimum Gasteiger partial charge on any atom is -0.466 e. The van der Waals surface area contributed by atoms with E-state index in [0.717, 1.165) is 11.1 Å². The number of methoxy groups -OCH3 is 1. The van der Waals surface area contributed by atoms with Gasteiger partial charge in [0, 0.05) is 18.4 Å². The first-order valence-electron chi connectivity index (χ1n) is 9.22. The smallest absolute Gasteiger partial charge is 0.357 e. The Kier molecular flexibility index (Phi) is 4.11. The molecule has 0 unspecified atom stereocenters. The Morgan fingerprint density at radius 2 is 1.73 bits per heavy atom. The Hall–Kier alpha value is -1.75. The highest BCUT2D eigenvalue weighted by atomic mass is 16.7. The molecule has 2 atom stereocenters. The molecule has 1 heterocycles. The van der Waals surface area contributed by atoms with Crippen LogP contribution in [0.25, 0.3) is 0 Å². The Balaban J connectivity index is 2.24. The third kappa shape index (κ3) is 2.68. The zero-order chi connectivity index (χ0) is 19.5. The summed E-state index contributed by atoms with van der Waals surface area (Å²) in [7, 11) is 1.31. The number of carbonyl (C=O) groups excluding carboxylic acids is 1. The summed E-state index contributed by atoms with van der Waals surface area (Å²) in [6.07, 6.45) is 1.31. The van der Waals surface area contributed by atoms with E-state index in [0.29, 0.717) is 30.8 Å². The van der Waals surface area contributed by atoms with Crippen molar-refractivity contribution >= 4 is 5.97 Å². The number of hydrogen-bond acceptors (Lipinski definition) is 5. The van der Waals surface area contributed by atoms with Gasteiger partial charge in [0.25, 0.3) is 11.4 Å². The minimum atomic E-state index is -1.71. The molecule has 0 saturated heterocycles. The molecule has 1 fully saturated rings. The van der Waals surface area contributed by atoms with Crippen LogP contribution in [-0.2, 0) is 20.4 Å². The molecule has 0 aromatic heterocycles. The van der Waals surface area contributed by atoms with Gasteiger partial charge in [-0.25, -0.2) is 4.79 Å². The third-order valence-corrected chi connectivity index (χ3v) is 5.47. The fourth-order valence-electron chi connectivity index (χ4n) is 3.84. The standard InChI is InChI=1S/C21H30O5/c1-18(2,3)13-11-14(19(4,5)6)16-15(12-13)25-20(17(22)24-7)9-8-10-21(20,23)26-16/h11-12,23H,8-10H2,1-7H3/t20-,21-/m0/s1. The van der Waals surface area contributed by atoms with Crippen molar-refractivity contribution < 1.29 is 24.1 Å². The molecule has 0 bridgehead atoms. The number of benzene rings is 1. The average molecular weight is 362 g/mol. The quantitative estimate of drug-likeness (QED) is 0.769. The molecule has 1 aromatic rings. The van der Waals surface area contributed by atoms with Gasteiger partial charge in [-0.1, -0.05) is 47.6 Å². The fraction of sp³-hybridized carbons (Fsp3) is 0.667. The molecule has 1 aromatic carbocycles. The van der Waals surface area contributed by atoms with Gasteiger partial charge >= 0.3 is 5.97 Å². The Labute approximate surface area is 155 Å². The van der Waals surface area contributed by atoms with Crippen LogP contribution >= 0.6 is 0 Å². The molecule has 1 saturated carbocycles. The van der Waals surface area contributed by atoms with Crippen LogP contribution in [0.2, 0.25) is 0 Å². The Morgan fingerprint density at radius 1 is 1.08 bits per heavy atom. The van der Waals surface area contributed by atoms with E-state index >= 15 is 0 Å². The van der Waals surface area contributed by atoms with Crippen molar-refractivity contribution in [1.82, 2.24) is 0 Å². The number of aliphatic hydroxyl groups is 1. The van der Waals surface area contributed by atoms with Crippen LogP contribution in [0.3, 0.4) is 0 Å². The molecule has 144 valence electrons. The fourth-order valence-corrected chi connectivity index (χ4v) is 3.84. The molecular formula is C21H30O5. The number of rotatable bonds is 1. The second kappa shape index (κ2) is 5.62. The van der Waals surface area contributed by atoms with Crippen molar-refractivity contribution in [3.05, 3.63) is 23.3 Å². The van der Waals surface area contributed by atoms with Crippen LogP contribution in [0.5, 0.6) is 11.5 Å². The maximum atomic E-state index is 12.6. The van der Waals surface area contributed by atoms with Crippen molar-refractivity contribution in [3.63, 3.8) is 0 Å².